The monoisotopic (exact) mass is 248 g/mol. The van der Waals surface area contributed by atoms with Crippen LogP contribution in [0.25, 0.3) is 0 Å². The van der Waals surface area contributed by atoms with E-state index in [-0.39, 0.29) is 0 Å². The molecule has 0 heterocycles. The van der Waals surface area contributed by atoms with Crippen LogP contribution in [0.2, 0.25) is 0 Å². The Kier molecular flexibility index (Phi) is 3.27. The molecule has 0 saturated heterocycles. The van der Waals surface area contributed by atoms with Gasteiger partial charge in [-0.1, -0.05) is 40.0 Å². The Hall–Kier alpha value is 0. The van der Waals surface area contributed by atoms with Gasteiger partial charge in [0.05, 0.1) is 0 Å². The molecule has 4 saturated carbocycles. The molecule has 0 nitrogen and oxygen atoms in total. The molecule has 4 aliphatic rings. The normalized spacial score (nSPS) is 49.8. The Balaban J connectivity index is 1.79. The van der Waals surface area contributed by atoms with Crippen molar-refractivity contribution < 1.29 is 0 Å². The zero-order valence-corrected chi connectivity index (χ0v) is 12.8. The zero-order chi connectivity index (χ0) is 12.8. The molecule has 0 amide bonds. The second-order valence-corrected chi connectivity index (χ2v) is 8.20. The Morgan fingerprint density at radius 3 is 2.11 bits per heavy atom. The third-order valence-corrected chi connectivity index (χ3v) is 7.03. The van der Waals surface area contributed by atoms with E-state index in [1.54, 1.807) is 38.5 Å². The molecule has 0 N–H and O–H groups in total. The summed E-state index contributed by atoms with van der Waals surface area (Å²) < 4.78 is 0. The fourth-order valence-corrected chi connectivity index (χ4v) is 6.45. The summed E-state index contributed by atoms with van der Waals surface area (Å²) >= 11 is 0. The van der Waals surface area contributed by atoms with Crippen molar-refractivity contribution in [3.8, 4) is 0 Å². The lowest BCUT2D eigenvalue weighted by Gasteiger charge is -2.65. The van der Waals surface area contributed by atoms with E-state index in [2.05, 4.69) is 20.8 Å². The molecule has 0 spiro atoms. The largest absolute Gasteiger partial charge is 0.0654 e. The first-order valence-electron chi connectivity index (χ1n) is 8.62. The molecule has 0 heteroatoms. The maximum atomic E-state index is 2.60. The van der Waals surface area contributed by atoms with Crippen LogP contribution in [0.5, 0.6) is 0 Å². The summed E-state index contributed by atoms with van der Waals surface area (Å²) in [6.07, 6.45) is 15.2. The lowest BCUT2D eigenvalue weighted by atomic mass is 9.40. The average molecular weight is 248 g/mol. The number of unbranched alkanes of at least 4 members (excludes halogenated alkanes) is 2. The highest BCUT2D eigenvalue weighted by Gasteiger charge is 2.59. The van der Waals surface area contributed by atoms with Crippen molar-refractivity contribution in [2.24, 2.45) is 28.6 Å². The van der Waals surface area contributed by atoms with Crippen LogP contribution in [-0.2, 0) is 0 Å². The fraction of sp³-hybridized carbons (Fsp3) is 1.00. The van der Waals surface area contributed by atoms with E-state index in [1.807, 2.05) is 0 Å². The molecule has 0 aromatic heterocycles. The van der Waals surface area contributed by atoms with Crippen LogP contribution in [0.15, 0.2) is 0 Å². The van der Waals surface area contributed by atoms with Gasteiger partial charge in [0, 0.05) is 0 Å². The predicted molar refractivity (Wildman–Crippen MR) is 78.5 cm³/mol. The molecule has 4 rings (SSSR count). The molecular formula is C18H32. The Bertz CT molecular complexity index is 287. The molecule has 0 aromatic carbocycles. The second kappa shape index (κ2) is 4.53. The van der Waals surface area contributed by atoms with Crippen molar-refractivity contribution in [3.63, 3.8) is 0 Å². The smallest absolute Gasteiger partial charge is 0.0243 e. The summed E-state index contributed by atoms with van der Waals surface area (Å²) in [5.41, 5.74) is 1.52. The van der Waals surface area contributed by atoms with Gasteiger partial charge >= 0.3 is 0 Å². The Morgan fingerprint density at radius 2 is 1.61 bits per heavy atom. The third kappa shape index (κ3) is 1.86. The van der Waals surface area contributed by atoms with Gasteiger partial charge in [-0.05, 0) is 73.5 Å². The van der Waals surface area contributed by atoms with Crippen LogP contribution in [0.1, 0.15) is 85.0 Å². The van der Waals surface area contributed by atoms with Gasteiger partial charge in [-0.3, -0.25) is 0 Å². The minimum absolute atomic E-state index is 0.750. The molecule has 104 valence electrons. The Labute approximate surface area is 114 Å². The Morgan fingerprint density at radius 1 is 0.944 bits per heavy atom. The summed E-state index contributed by atoms with van der Waals surface area (Å²) in [7, 11) is 0. The third-order valence-electron chi connectivity index (χ3n) is 7.03. The summed E-state index contributed by atoms with van der Waals surface area (Å²) in [6.45, 7) is 7.44. The lowest BCUT2D eigenvalue weighted by Crippen LogP contribution is -2.56. The van der Waals surface area contributed by atoms with Crippen molar-refractivity contribution >= 4 is 0 Å². The molecule has 0 aliphatic heterocycles. The molecule has 4 bridgehead atoms. The maximum absolute atomic E-state index is 2.60. The quantitative estimate of drug-likeness (QED) is 0.539. The van der Waals surface area contributed by atoms with E-state index in [4.69, 9.17) is 0 Å². The van der Waals surface area contributed by atoms with Crippen LogP contribution in [0.3, 0.4) is 0 Å². The first kappa shape index (κ1) is 13.0. The minimum Gasteiger partial charge on any atom is -0.0654 e. The average Bonchev–Trinajstić information content (AvgIpc) is 2.31. The van der Waals surface area contributed by atoms with Gasteiger partial charge < -0.3 is 0 Å². The first-order chi connectivity index (χ1) is 8.62. The SMILES string of the molecule is CCCCCC1(CC)C2CC3CC1CC(C)(C3)C2. The van der Waals surface area contributed by atoms with E-state index in [0.717, 1.165) is 28.6 Å². The molecule has 2 atom stereocenters. The van der Waals surface area contributed by atoms with Gasteiger partial charge in [-0.15, -0.1) is 0 Å². The van der Waals surface area contributed by atoms with Gasteiger partial charge in [0.2, 0.25) is 0 Å². The minimum atomic E-state index is 0.750. The number of hydrogen-bond acceptors (Lipinski definition) is 0. The topological polar surface area (TPSA) is 0 Å². The molecule has 2 unspecified atom stereocenters. The van der Waals surface area contributed by atoms with Crippen LogP contribution in [0, 0.1) is 28.6 Å². The summed E-state index contributed by atoms with van der Waals surface area (Å²) in [5, 5.41) is 0. The standard InChI is InChI=1S/C18H32/c1-4-6-7-8-18(5-2)15-9-14-10-16(18)13-17(3,11-14)12-15/h14-16H,4-13H2,1-3H3. The molecule has 18 heavy (non-hydrogen) atoms. The van der Waals surface area contributed by atoms with Gasteiger partial charge in [0.1, 0.15) is 0 Å². The van der Waals surface area contributed by atoms with Crippen molar-refractivity contribution in [1.29, 1.82) is 0 Å². The first-order valence-corrected chi connectivity index (χ1v) is 8.62. The van der Waals surface area contributed by atoms with E-state index in [1.165, 1.54) is 25.7 Å². The van der Waals surface area contributed by atoms with Gasteiger partial charge in [0.15, 0.2) is 0 Å². The lowest BCUT2D eigenvalue weighted by molar-refractivity contribution is -0.151. The molecule has 4 fully saturated rings. The van der Waals surface area contributed by atoms with E-state index in [0.29, 0.717) is 0 Å². The van der Waals surface area contributed by atoms with Crippen LogP contribution >= 0.6 is 0 Å². The second-order valence-electron chi connectivity index (χ2n) is 8.20. The van der Waals surface area contributed by atoms with E-state index in [9.17, 15) is 0 Å². The molecular weight excluding hydrogens is 216 g/mol. The van der Waals surface area contributed by atoms with Crippen LogP contribution in [-0.4, -0.2) is 0 Å². The van der Waals surface area contributed by atoms with E-state index < -0.39 is 0 Å². The highest BCUT2D eigenvalue weighted by atomic mass is 14.6. The van der Waals surface area contributed by atoms with E-state index >= 15 is 0 Å². The highest BCUT2D eigenvalue weighted by Crippen LogP contribution is 2.68. The summed E-state index contributed by atoms with van der Waals surface area (Å²) in [6, 6.07) is 0. The molecule has 0 radical (unpaired) electrons. The predicted octanol–water partition coefficient (Wildman–Crippen LogP) is 5.81. The van der Waals surface area contributed by atoms with Crippen molar-refractivity contribution in [2.75, 3.05) is 0 Å². The fourth-order valence-electron chi connectivity index (χ4n) is 6.45. The maximum Gasteiger partial charge on any atom is -0.0243 e. The molecule has 4 aliphatic carbocycles. The van der Waals surface area contributed by atoms with Crippen LogP contribution < -0.4 is 0 Å². The van der Waals surface area contributed by atoms with Crippen LogP contribution in [0.4, 0.5) is 0 Å². The number of hydrogen-bond donors (Lipinski definition) is 0. The highest BCUT2D eigenvalue weighted by molar-refractivity contribution is 5.09. The summed E-state index contributed by atoms with van der Waals surface area (Å²) in [4.78, 5) is 0. The van der Waals surface area contributed by atoms with Crippen molar-refractivity contribution in [1.82, 2.24) is 0 Å². The molecule has 0 aromatic rings. The zero-order valence-electron chi connectivity index (χ0n) is 12.8. The van der Waals surface area contributed by atoms with Crippen molar-refractivity contribution in [3.05, 3.63) is 0 Å². The van der Waals surface area contributed by atoms with Gasteiger partial charge in [-0.25, -0.2) is 0 Å². The number of rotatable bonds is 5. The van der Waals surface area contributed by atoms with Crippen molar-refractivity contribution in [2.45, 2.75) is 85.0 Å². The summed E-state index contributed by atoms with van der Waals surface area (Å²) in [5.74, 6) is 3.30. The van der Waals surface area contributed by atoms with Gasteiger partial charge in [-0.2, -0.15) is 0 Å². The van der Waals surface area contributed by atoms with Gasteiger partial charge in [0.25, 0.3) is 0 Å².